The molecule has 36 heavy (non-hydrogen) atoms. The summed E-state index contributed by atoms with van der Waals surface area (Å²) in [7, 11) is 1.48. The lowest BCUT2D eigenvalue weighted by molar-refractivity contribution is 0.167. The van der Waals surface area contributed by atoms with Crippen LogP contribution in [-0.2, 0) is 0 Å². The molecule has 0 saturated carbocycles. The predicted octanol–water partition coefficient (Wildman–Crippen LogP) is 5.66. The first kappa shape index (κ1) is 24.2. The minimum absolute atomic E-state index is 0.0823. The molecular formula is C26H28ClFN4O4. The van der Waals surface area contributed by atoms with E-state index in [4.69, 9.17) is 31.2 Å². The standard InChI is InChI=1S/C26H28ClFN4O4/c1-15(21-20(34-2)6-5-19(28)22(21)27)36-24-23-17(13-30-25(24)29)18(14-35-23)16-7-11-32(12-8-16)26(33)31-9-3-4-10-31/h5-7,13-15H,3-4,8-12H2,1-2H3,(H2,29,30)/t15-/m1/s1. The number of ether oxygens (including phenoxy) is 2. The van der Waals surface area contributed by atoms with Gasteiger partial charge in [0.05, 0.1) is 29.3 Å². The van der Waals surface area contributed by atoms with E-state index in [0.29, 0.717) is 36.4 Å². The number of furan rings is 1. The Hall–Kier alpha value is -3.46. The number of carbonyl (C=O) groups is 1. The number of pyridine rings is 1. The minimum Gasteiger partial charge on any atom is -0.496 e. The first-order valence-corrected chi connectivity index (χ1v) is 12.3. The molecule has 2 amide bonds. The van der Waals surface area contributed by atoms with Gasteiger partial charge in [-0.1, -0.05) is 17.7 Å². The van der Waals surface area contributed by atoms with E-state index in [2.05, 4.69) is 11.1 Å². The molecule has 2 aromatic heterocycles. The third-order valence-corrected chi connectivity index (χ3v) is 7.20. The van der Waals surface area contributed by atoms with Crippen LogP contribution in [0.3, 0.4) is 0 Å². The third-order valence-electron chi connectivity index (χ3n) is 6.82. The number of rotatable bonds is 5. The zero-order chi connectivity index (χ0) is 25.4. The lowest BCUT2D eigenvalue weighted by Gasteiger charge is -2.30. The van der Waals surface area contributed by atoms with Crippen molar-refractivity contribution < 1.29 is 23.1 Å². The molecule has 0 bridgehead atoms. The highest BCUT2D eigenvalue weighted by molar-refractivity contribution is 6.31. The Labute approximate surface area is 213 Å². The molecule has 0 aliphatic carbocycles. The molecular weight excluding hydrogens is 487 g/mol. The van der Waals surface area contributed by atoms with Crippen LogP contribution in [0.1, 0.15) is 43.4 Å². The highest BCUT2D eigenvalue weighted by Gasteiger charge is 2.27. The number of nitrogens with two attached hydrogens (primary N) is 1. The van der Waals surface area contributed by atoms with Crippen LogP contribution in [0, 0.1) is 5.82 Å². The average Bonchev–Trinajstić information content (AvgIpc) is 3.57. The van der Waals surface area contributed by atoms with Gasteiger partial charge in [0, 0.05) is 37.9 Å². The van der Waals surface area contributed by atoms with E-state index in [-0.39, 0.29) is 22.6 Å². The molecule has 1 fully saturated rings. The molecule has 2 aliphatic rings. The fourth-order valence-corrected chi connectivity index (χ4v) is 5.19. The van der Waals surface area contributed by atoms with Crippen molar-refractivity contribution in [3.63, 3.8) is 0 Å². The molecule has 2 aliphatic heterocycles. The number of halogens is 2. The van der Waals surface area contributed by atoms with Crippen LogP contribution in [0.2, 0.25) is 5.02 Å². The van der Waals surface area contributed by atoms with Crippen molar-refractivity contribution in [2.24, 2.45) is 0 Å². The second-order valence-electron chi connectivity index (χ2n) is 9.00. The molecule has 1 saturated heterocycles. The fraction of sp³-hybridized carbons (Fsp3) is 0.385. The number of fused-ring (bicyclic) bond motifs is 1. The fourth-order valence-electron chi connectivity index (χ4n) is 4.88. The summed E-state index contributed by atoms with van der Waals surface area (Å²) in [6.07, 6.45) is 7.49. The Balaban J connectivity index is 1.41. The van der Waals surface area contributed by atoms with Gasteiger partial charge in [-0.25, -0.2) is 14.2 Å². The smallest absolute Gasteiger partial charge is 0.320 e. The molecule has 4 heterocycles. The lowest BCUT2D eigenvalue weighted by Crippen LogP contribution is -2.43. The van der Waals surface area contributed by atoms with Crippen LogP contribution in [0.25, 0.3) is 16.5 Å². The number of methoxy groups -OCH3 is 1. The van der Waals surface area contributed by atoms with Crippen molar-refractivity contribution in [1.82, 2.24) is 14.8 Å². The predicted molar refractivity (Wildman–Crippen MR) is 136 cm³/mol. The van der Waals surface area contributed by atoms with Crippen LogP contribution in [0.5, 0.6) is 11.5 Å². The number of amides is 2. The molecule has 0 radical (unpaired) electrons. The molecule has 2 N–H and O–H groups in total. The van der Waals surface area contributed by atoms with E-state index in [1.807, 2.05) is 9.80 Å². The van der Waals surface area contributed by atoms with Gasteiger partial charge in [-0.15, -0.1) is 0 Å². The third kappa shape index (κ3) is 4.32. The first-order chi connectivity index (χ1) is 17.4. The van der Waals surface area contributed by atoms with Gasteiger partial charge in [-0.2, -0.15) is 0 Å². The van der Waals surface area contributed by atoms with Gasteiger partial charge >= 0.3 is 6.03 Å². The maximum Gasteiger partial charge on any atom is 0.320 e. The molecule has 0 unspecified atom stereocenters. The Morgan fingerprint density at radius 2 is 2.03 bits per heavy atom. The summed E-state index contributed by atoms with van der Waals surface area (Å²) in [5.74, 6) is 0.208. The number of benzene rings is 1. The van der Waals surface area contributed by atoms with E-state index in [1.54, 1.807) is 19.4 Å². The summed E-state index contributed by atoms with van der Waals surface area (Å²) in [6, 6.07) is 2.84. The van der Waals surface area contributed by atoms with Gasteiger partial charge in [-0.3, -0.25) is 0 Å². The van der Waals surface area contributed by atoms with Crippen LogP contribution in [-0.4, -0.2) is 54.1 Å². The summed E-state index contributed by atoms with van der Waals surface area (Å²) >= 11 is 6.23. The van der Waals surface area contributed by atoms with E-state index in [0.717, 1.165) is 42.5 Å². The molecule has 1 atom stereocenters. The summed E-state index contributed by atoms with van der Waals surface area (Å²) in [5, 5.41) is 0.662. The van der Waals surface area contributed by atoms with Gasteiger partial charge in [0.2, 0.25) is 5.75 Å². The van der Waals surface area contributed by atoms with Gasteiger partial charge in [0.25, 0.3) is 0 Å². The maximum atomic E-state index is 14.2. The number of aromatic nitrogens is 1. The number of hydrogen-bond donors (Lipinski definition) is 1. The van der Waals surface area contributed by atoms with Crippen LogP contribution in [0.15, 0.2) is 35.1 Å². The zero-order valence-electron chi connectivity index (χ0n) is 20.2. The Bertz CT molecular complexity index is 1340. The van der Waals surface area contributed by atoms with Crippen molar-refractivity contribution in [2.75, 3.05) is 39.0 Å². The van der Waals surface area contributed by atoms with Gasteiger partial charge in [0.1, 0.15) is 17.7 Å². The molecule has 0 spiro atoms. The Morgan fingerprint density at radius 1 is 1.25 bits per heavy atom. The molecule has 1 aromatic carbocycles. The summed E-state index contributed by atoms with van der Waals surface area (Å²) in [5.41, 5.74) is 8.90. The quantitative estimate of drug-likeness (QED) is 0.472. The second-order valence-corrected chi connectivity index (χ2v) is 9.38. The molecule has 10 heteroatoms. The minimum atomic E-state index is -0.703. The van der Waals surface area contributed by atoms with Gasteiger partial charge in [0.15, 0.2) is 11.4 Å². The number of carbonyl (C=O) groups excluding carboxylic acids is 1. The van der Waals surface area contributed by atoms with Crippen LogP contribution < -0.4 is 15.2 Å². The van der Waals surface area contributed by atoms with Gasteiger partial charge in [-0.05, 0) is 43.9 Å². The Kier molecular flexibility index (Phi) is 6.66. The molecule has 190 valence electrons. The van der Waals surface area contributed by atoms with E-state index in [1.165, 1.54) is 19.2 Å². The van der Waals surface area contributed by atoms with Crippen molar-refractivity contribution in [3.05, 3.63) is 52.6 Å². The summed E-state index contributed by atoms with van der Waals surface area (Å²) in [4.78, 5) is 20.8. The maximum absolute atomic E-state index is 14.2. The topological polar surface area (TPSA) is 94.1 Å². The van der Waals surface area contributed by atoms with Crippen molar-refractivity contribution in [2.45, 2.75) is 32.3 Å². The lowest BCUT2D eigenvalue weighted by atomic mass is 9.99. The number of urea groups is 1. The number of nitrogen functional groups attached to an aromatic ring is 1. The molecule has 8 nitrogen and oxygen atoms in total. The normalized spacial score (nSPS) is 16.8. The van der Waals surface area contributed by atoms with Crippen molar-refractivity contribution >= 4 is 40.0 Å². The molecule has 3 aromatic rings. The Morgan fingerprint density at radius 3 is 2.72 bits per heavy atom. The van der Waals surface area contributed by atoms with Crippen LogP contribution in [0.4, 0.5) is 15.0 Å². The van der Waals surface area contributed by atoms with Crippen molar-refractivity contribution in [3.8, 4) is 11.5 Å². The number of anilines is 1. The van der Waals surface area contributed by atoms with Gasteiger partial charge < -0.3 is 29.4 Å². The number of hydrogen-bond acceptors (Lipinski definition) is 6. The SMILES string of the molecule is COc1ccc(F)c(Cl)c1[C@@H](C)Oc1c(N)ncc2c(C3=CCN(C(=O)N4CCCC4)CC3)coc12. The van der Waals surface area contributed by atoms with E-state index >= 15 is 0 Å². The largest absolute Gasteiger partial charge is 0.496 e. The number of likely N-dealkylation sites (tertiary alicyclic amines) is 1. The second kappa shape index (κ2) is 9.89. The van der Waals surface area contributed by atoms with Crippen molar-refractivity contribution in [1.29, 1.82) is 0 Å². The number of nitrogens with zero attached hydrogens (tertiary/aromatic N) is 3. The molecule has 5 rings (SSSR count). The zero-order valence-corrected chi connectivity index (χ0v) is 21.0. The highest BCUT2D eigenvalue weighted by Crippen LogP contribution is 2.42. The highest BCUT2D eigenvalue weighted by atomic mass is 35.5. The van der Waals surface area contributed by atoms with E-state index < -0.39 is 11.9 Å². The summed E-state index contributed by atoms with van der Waals surface area (Å²) < 4.78 is 31.6. The van der Waals surface area contributed by atoms with E-state index in [9.17, 15) is 9.18 Å². The van der Waals surface area contributed by atoms with Crippen LogP contribution >= 0.6 is 11.6 Å². The first-order valence-electron chi connectivity index (χ1n) is 12.0. The summed E-state index contributed by atoms with van der Waals surface area (Å²) in [6.45, 7) is 4.56. The monoisotopic (exact) mass is 514 g/mol. The average molecular weight is 515 g/mol.